The number of carboxylic acid groups (broad SMARTS) is 1. The minimum atomic E-state index is -0.469. The predicted octanol–water partition coefficient (Wildman–Crippen LogP) is 2.49. The molecule has 9 heteroatoms. The molecule has 0 aliphatic rings. The Morgan fingerprint density at radius 1 is 1.27 bits per heavy atom. The lowest BCUT2D eigenvalue weighted by molar-refractivity contribution is -0.122. The number of para-hydroxylation sites is 2. The van der Waals surface area contributed by atoms with Gasteiger partial charge in [0.25, 0.3) is 12.4 Å². The highest BCUT2D eigenvalue weighted by atomic mass is 19.1. The van der Waals surface area contributed by atoms with E-state index in [4.69, 9.17) is 9.90 Å². The third-order valence-electron chi connectivity index (χ3n) is 4.59. The first-order valence-corrected chi connectivity index (χ1v) is 9.00. The van der Waals surface area contributed by atoms with Crippen LogP contribution in [0.1, 0.15) is 10.4 Å². The smallest absolute Gasteiger partial charge is 0.290 e. The first-order valence-electron chi connectivity index (χ1n) is 9.00. The van der Waals surface area contributed by atoms with Gasteiger partial charge in [-0.25, -0.2) is 9.37 Å². The topological polar surface area (TPSA) is 108 Å². The molecule has 30 heavy (non-hydrogen) atoms. The van der Waals surface area contributed by atoms with Crippen molar-refractivity contribution in [1.29, 1.82) is 0 Å². The Bertz CT molecular complexity index is 1260. The van der Waals surface area contributed by atoms with Crippen molar-refractivity contribution in [2.45, 2.75) is 6.54 Å². The number of benzene rings is 2. The number of pyridine rings is 1. The van der Waals surface area contributed by atoms with Crippen LogP contribution in [0.5, 0.6) is 0 Å². The summed E-state index contributed by atoms with van der Waals surface area (Å²) in [6.07, 6.45) is 1.74. The van der Waals surface area contributed by atoms with Crippen molar-refractivity contribution in [1.82, 2.24) is 19.4 Å². The lowest BCUT2D eigenvalue weighted by atomic mass is 10.1. The van der Waals surface area contributed by atoms with E-state index >= 15 is 0 Å². The predicted molar refractivity (Wildman–Crippen MR) is 110 cm³/mol. The monoisotopic (exact) mass is 410 g/mol. The number of rotatable bonds is 4. The van der Waals surface area contributed by atoms with Crippen LogP contribution in [0.25, 0.3) is 21.9 Å². The summed E-state index contributed by atoms with van der Waals surface area (Å²) in [7, 11) is 1.68. The Balaban J connectivity index is 0.000000806. The number of nitrogens with one attached hydrogen (secondary N) is 1. The van der Waals surface area contributed by atoms with Crippen LogP contribution in [0.3, 0.4) is 0 Å². The van der Waals surface area contributed by atoms with Gasteiger partial charge >= 0.3 is 0 Å². The van der Waals surface area contributed by atoms with Gasteiger partial charge in [-0.2, -0.15) is 0 Å². The molecular weight excluding hydrogens is 391 g/mol. The normalized spacial score (nSPS) is 10.5. The van der Waals surface area contributed by atoms with Crippen molar-refractivity contribution in [2.75, 3.05) is 13.6 Å². The zero-order chi connectivity index (χ0) is 21.7. The van der Waals surface area contributed by atoms with E-state index in [1.54, 1.807) is 18.3 Å². The average Bonchev–Trinajstić information content (AvgIpc) is 3.14. The fourth-order valence-corrected chi connectivity index (χ4v) is 3.16. The number of halogens is 1. The van der Waals surface area contributed by atoms with Gasteiger partial charge in [-0.3, -0.25) is 14.4 Å². The van der Waals surface area contributed by atoms with E-state index in [9.17, 15) is 14.0 Å². The quantitative estimate of drug-likeness (QED) is 0.503. The number of imidazole rings is 1. The lowest BCUT2D eigenvalue weighted by Gasteiger charge is -2.18. The molecule has 2 heterocycles. The standard InChI is InChI=1S/C20H17FN4O2.CH2O2/c1-24(8-9-25-12-22-16-4-2-3-5-18(16)25)20(27)15-11-19(26)23-17-10-13(21)6-7-14(15)17;2-1-3/h2-7,10-12H,8-9H2,1H3,(H,23,26);1H,(H,2,3). The highest BCUT2D eigenvalue weighted by molar-refractivity contribution is 6.05. The summed E-state index contributed by atoms with van der Waals surface area (Å²) in [5.41, 5.74) is 2.02. The second-order valence-electron chi connectivity index (χ2n) is 6.50. The van der Waals surface area contributed by atoms with Gasteiger partial charge in [-0.15, -0.1) is 0 Å². The number of likely N-dealkylation sites (N-methyl/N-ethyl adjacent to an activating group) is 1. The molecule has 4 aromatic rings. The highest BCUT2D eigenvalue weighted by Gasteiger charge is 2.16. The molecule has 0 aliphatic heterocycles. The first-order chi connectivity index (χ1) is 14.4. The molecular formula is C21H19FN4O4. The van der Waals surface area contributed by atoms with E-state index < -0.39 is 11.4 Å². The number of fused-ring (bicyclic) bond motifs is 2. The number of carbonyl (C=O) groups is 2. The van der Waals surface area contributed by atoms with Gasteiger partial charge < -0.3 is 19.6 Å². The van der Waals surface area contributed by atoms with Crippen LogP contribution >= 0.6 is 0 Å². The molecule has 2 aromatic heterocycles. The van der Waals surface area contributed by atoms with Crippen LogP contribution in [0.2, 0.25) is 0 Å². The summed E-state index contributed by atoms with van der Waals surface area (Å²) in [4.78, 5) is 41.6. The summed E-state index contributed by atoms with van der Waals surface area (Å²) >= 11 is 0. The van der Waals surface area contributed by atoms with Gasteiger partial charge in [0.15, 0.2) is 0 Å². The summed E-state index contributed by atoms with van der Waals surface area (Å²) < 4.78 is 15.4. The van der Waals surface area contributed by atoms with Crippen LogP contribution in [0, 0.1) is 5.82 Å². The Morgan fingerprint density at radius 3 is 2.77 bits per heavy atom. The molecule has 4 rings (SSSR count). The molecule has 154 valence electrons. The fourth-order valence-electron chi connectivity index (χ4n) is 3.16. The number of hydrogen-bond acceptors (Lipinski definition) is 4. The first kappa shape index (κ1) is 20.7. The van der Waals surface area contributed by atoms with E-state index in [0.29, 0.717) is 24.0 Å². The van der Waals surface area contributed by atoms with Crippen molar-refractivity contribution in [3.63, 3.8) is 0 Å². The zero-order valence-corrected chi connectivity index (χ0v) is 16.1. The molecule has 0 saturated carbocycles. The van der Waals surface area contributed by atoms with E-state index in [-0.39, 0.29) is 17.9 Å². The lowest BCUT2D eigenvalue weighted by Crippen LogP contribution is -2.31. The summed E-state index contributed by atoms with van der Waals surface area (Å²) in [6, 6.07) is 13.0. The van der Waals surface area contributed by atoms with Crippen LogP contribution in [0.15, 0.2) is 59.7 Å². The second-order valence-corrected chi connectivity index (χ2v) is 6.50. The molecule has 0 atom stereocenters. The third-order valence-corrected chi connectivity index (χ3v) is 4.59. The van der Waals surface area contributed by atoms with E-state index in [2.05, 4.69) is 9.97 Å². The number of amides is 1. The summed E-state index contributed by atoms with van der Waals surface area (Å²) in [5, 5.41) is 7.40. The maximum absolute atomic E-state index is 13.4. The van der Waals surface area contributed by atoms with Crippen LogP contribution in [0.4, 0.5) is 4.39 Å². The van der Waals surface area contributed by atoms with Crippen LogP contribution < -0.4 is 5.56 Å². The summed E-state index contributed by atoms with van der Waals surface area (Å²) in [5.74, 6) is -0.759. The zero-order valence-electron chi connectivity index (χ0n) is 16.1. The number of nitrogens with zero attached hydrogens (tertiary/aromatic N) is 3. The number of carbonyl (C=O) groups excluding carboxylic acids is 1. The van der Waals surface area contributed by atoms with Gasteiger partial charge in [0.2, 0.25) is 5.56 Å². The molecule has 0 fully saturated rings. The molecule has 2 aromatic carbocycles. The minimum Gasteiger partial charge on any atom is -0.483 e. The Hall–Kier alpha value is -4.01. The van der Waals surface area contributed by atoms with E-state index in [1.165, 1.54) is 24.3 Å². The molecule has 2 N–H and O–H groups in total. The number of hydrogen-bond donors (Lipinski definition) is 2. The molecule has 0 radical (unpaired) electrons. The van der Waals surface area contributed by atoms with Gasteiger partial charge in [0, 0.05) is 31.6 Å². The van der Waals surface area contributed by atoms with E-state index in [0.717, 1.165) is 11.0 Å². The fraction of sp³-hybridized carbons (Fsp3) is 0.143. The number of aromatic nitrogens is 3. The van der Waals surface area contributed by atoms with Crippen molar-refractivity contribution < 1.29 is 19.1 Å². The van der Waals surface area contributed by atoms with E-state index in [1.807, 2.05) is 28.8 Å². The van der Waals surface area contributed by atoms with Crippen molar-refractivity contribution in [3.8, 4) is 0 Å². The highest BCUT2D eigenvalue weighted by Crippen LogP contribution is 2.18. The molecule has 1 amide bonds. The number of H-pyrrole nitrogens is 1. The van der Waals surface area contributed by atoms with Crippen molar-refractivity contribution in [2.24, 2.45) is 0 Å². The molecule has 0 saturated heterocycles. The SMILES string of the molecule is CN(CCn1cnc2ccccc21)C(=O)c1cc(=O)[nH]c2cc(F)ccc12.O=CO. The minimum absolute atomic E-state index is 0.250. The molecule has 8 nitrogen and oxygen atoms in total. The molecule has 0 unspecified atom stereocenters. The largest absolute Gasteiger partial charge is 0.483 e. The van der Waals surface area contributed by atoms with Gasteiger partial charge in [-0.1, -0.05) is 12.1 Å². The summed E-state index contributed by atoms with van der Waals surface area (Å²) in [6.45, 7) is 0.757. The van der Waals surface area contributed by atoms with Crippen molar-refractivity contribution >= 4 is 34.3 Å². The third kappa shape index (κ3) is 4.35. The second kappa shape index (κ2) is 8.99. The van der Waals surface area contributed by atoms with Crippen LogP contribution in [-0.4, -0.2) is 50.5 Å². The number of aromatic amines is 1. The van der Waals surface area contributed by atoms with Gasteiger partial charge in [0.1, 0.15) is 5.82 Å². The molecule has 0 bridgehead atoms. The Morgan fingerprint density at radius 2 is 2.00 bits per heavy atom. The van der Waals surface area contributed by atoms with Crippen molar-refractivity contribution in [3.05, 3.63) is 76.6 Å². The maximum atomic E-state index is 13.4. The Labute approximate surface area is 170 Å². The average molecular weight is 410 g/mol. The Kier molecular flexibility index (Phi) is 6.21. The molecule has 0 spiro atoms. The van der Waals surface area contributed by atoms with Gasteiger partial charge in [0.05, 0.1) is 28.4 Å². The van der Waals surface area contributed by atoms with Crippen LogP contribution in [-0.2, 0) is 11.3 Å². The maximum Gasteiger partial charge on any atom is 0.290 e. The molecule has 0 aliphatic carbocycles. The van der Waals surface area contributed by atoms with Gasteiger partial charge in [-0.05, 0) is 30.3 Å².